The number of amides is 4. The summed E-state index contributed by atoms with van der Waals surface area (Å²) >= 11 is 1.88. The number of nitrogens with two attached hydrogens (primary N) is 1. The zero-order valence-electron chi connectivity index (χ0n) is 14.2. The summed E-state index contributed by atoms with van der Waals surface area (Å²) in [5, 5.41) is 9.05. The summed E-state index contributed by atoms with van der Waals surface area (Å²) in [6, 6.07) is -0.169. The Morgan fingerprint density at radius 3 is 2.83 bits per heavy atom. The Hall–Kier alpha value is -1.44. The third-order valence-electron chi connectivity index (χ3n) is 4.61. The number of rotatable bonds is 10. The molecule has 2 aliphatic heterocycles. The fourth-order valence-electron chi connectivity index (χ4n) is 3.23. The van der Waals surface area contributed by atoms with Gasteiger partial charge in [0.05, 0.1) is 12.1 Å². The van der Waals surface area contributed by atoms with Crippen molar-refractivity contribution in [2.24, 2.45) is 5.73 Å². The van der Waals surface area contributed by atoms with Gasteiger partial charge in [-0.15, -0.1) is 0 Å². The van der Waals surface area contributed by atoms with Gasteiger partial charge in [-0.1, -0.05) is 26.2 Å². The summed E-state index contributed by atoms with van der Waals surface area (Å²) in [4.78, 5) is 34.6. The van der Waals surface area contributed by atoms with Crippen molar-refractivity contribution in [3.63, 3.8) is 0 Å². The minimum atomic E-state index is -0.552. The molecule has 2 saturated heterocycles. The van der Waals surface area contributed by atoms with Gasteiger partial charge >= 0.3 is 6.03 Å². The third-order valence-corrected chi connectivity index (χ3v) is 6.11. The van der Waals surface area contributed by atoms with Crippen LogP contribution in [0.5, 0.6) is 0 Å². The van der Waals surface area contributed by atoms with Gasteiger partial charge in [0, 0.05) is 17.4 Å². The van der Waals surface area contributed by atoms with Crippen LogP contribution < -0.4 is 21.7 Å². The molecular weight excluding hydrogens is 328 g/mol. The number of unbranched alkanes of at least 4 members (excludes halogenated alkanes) is 2. The molecule has 136 valence electrons. The molecule has 1 unspecified atom stereocenters. The van der Waals surface area contributed by atoms with Crippen LogP contribution in [0, 0.1) is 0 Å². The van der Waals surface area contributed by atoms with Crippen molar-refractivity contribution >= 4 is 29.6 Å². The molecule has 5 N–H and O–H groups in total. The Morgan fingerprint density at radius 1 is 1.33 bits per heavy atom. The number of thioether (sulfide) groups is 1. The van der Waals surface area contributed by atoms with Crippen molar-refractivity contribution in [1.82, 2.24) is 16.0 Å². The van der Waals surface area contributed by atoms with E-state index in [9.17, 15) is 14.4 Å². The smallest absolute Gasteiger partial charge is 0.315 e. The fraction of sp³-hybridized carbons (Fsp3) is 0.812. The fourth-order valence-corrected chi connectivity index (χ4v) is 4.78. The highest BCUT2D eigenvalue weighted by Crippen LogP contribution is 2.33. The maximum absolute atomic E-state index is 12.0. The summed E-state index contributed by atoms with van der Waals surface area (Å²) in [6.45, 7) is 2.04. The largest absolute Gasteiger partial charge is 0.368 e. The average Bonchev–Trinajstić information content (AvgIpc) is 3.07. The Labute approximate surface area is 147 Å². The molecule has 0 aromatic rings. The van der Waals surface area contributed by atoms with Crippen LogP contribution >= 0.6 is 11.8 Å². The second-order valence-corrected chi connectivity index (χ2v) is 7.80. The van der Waals surface area contributed by atoms with Gasteiger partial charge in [-0.25, -0.2) is 4.79 Å². The highest BCUT2D eigenvalue weighted by molar-refractivity contribution is 8.00. The summed E-state index contributed by atoms with van der Waals surface area (Å²) in [6.07, 6.45) is 5.54. The van der Waals surface area contributed by atoms with Crippen molar-refractivity contribution in [1.29, 1.82) is 0 Å². The molecule has 2 aliphatic rings. The Bertz CT molecular complexity index is 474. The second-order valence-electron chi connectivity index (χ2n) is 6.53. The number of nitrogens with one attached hydrogen (secondary N) is 3. The number of primary amides is 1. The van der Waals surface area contributed by atoms with Gasteiger partial charge < -0.3 is 21.7 Å². The van der Waals surface area contributed by atoms with E-state index in [4.69, 9.17) is 5.73 Å². The molecule has 2 heterocycles. The first kappa shape index (κ1) is 18.9. The van der Waals surface area contributed by atoms with Gasteiger partial charge in [-0.2, -0.15) is 11.8 Å². The van der Waals surface area contributed by atoms with E-state index in [0.717, 1.165) is 37.9 Å². The van der Waals surface area contributed by atoms with Gasteiger partial charge in [0.25, 0.3) is 0 Å². The maximum Gasteiger partial charge on any atom is 0.315 e. The SMILES string of the molecule is CCCCC(NC(=O)CCCC[C@@H]1SC[C@@H]2NC(=O)N[C@@H]21)C(N)=O. The molecule has 7 nitrogen and oxygen atoms in total. The average molecular weight is 356 g/mol. The molecule has 2 fully saturated rings. The standard InChI is InChI=1S/C16H28N4O3S/c1-2-3-6-10(15(17)22)18-13(21)8-5-4-7-12-14-11(9-24-12)19-16(23)20-14/h10-12,14H,2-9H2,1H3,(H2,17,22)(H,18,21)(H2,19,20,23)/t10?,11-,12-,14-/m0/s1. The number of carbonyl (C=O) groups excluding carboxylic acids is 3. The van der Waals surface area contributed by atoms with Crippen LogP contribution in [0.4, 0.5) is 4.79 Å². The molecule has 0 aliphatic carbocycles. The van der Waals surface area contributed by atoms with Crippen LogP contribution in [0.2, 0.25) is 0 Å². The first-order valence-electron chi connectivity index (χ1n) is 8.78. The van der Waals surface area contributed by atoms with Crippen LogP contribution in [0.3, 0.4) is 0 Å². The van der Waals surface area contributed by atoms with Gasteiger partial charge in [0.15, 0.2) is 0 Å². The third kappa shape index (κ3) is 5.29. The number of carbonyl (C=O) groups is 3. The van der Waals surface area contributed by atoms with E-state index < -0.39 is 11.9 Å². The Morgan fingerprint density at radius 2 is 2.12 bits per heavy atom. The van der Waals surface area contributed by atoms with Crippen molar-refractivity contribution in [2.75, 3.05) is 5.75 Å². The van der Waals surface area contributed by atoms with E-state index in [1.165, 1.54) is 0 Å². The van der Waals surface area contributed by atoms with Crippen LogP contribution in [0.1, 0.15) is 51.9 Å². The molecule has 8 heteroatoms. The molecule has 0 bridgehead atoms. The van der Waals surface area contributed by atoms with E-state index in [1.807, 2.05) is 18.7 Å². The van der Waals surface area contributed by atoms with Crippen LogP contribution in [-0.2, 0) is 9.59 Å². The highest BCUT2D eigenvalue weighted by atomic mass is 32.2. The van der Waals surface area contributed by atoms with Crippen molar-refractivity contribution < 1.29 is 14.4 Å². The van der Waals surface area contributed by atoms with E-state index in [-0.39, 0.29) is 24.0 Å². The van der Waals surface area contributed by atoms with E-state index in [0.29, 0.717) is 18.1 Å². The molecule has 24 heavy (non-hydrogen) atoms. The monoisotopic (exact) mass is 356 g/mol. The first-order chi connectivity index (χ1) is 11.5. The topological polar surface area (TPSA) is 113 Å². The van der Waals surface area contributed by atoms with Crippen molar-refractivity contribution in [3.05, 3.63) is 0 Å². The molecule has 0 aromatic carbocycles. The lowest BCUT2D eigenvalue weighted by molar-refractivity contribution is -0.127. The normalized spacial score (nSPS) is 26.4. The lowest BCUT2D eigenvalue weighted by Crippen LogP contribution is -2.44. The minimum absolute atomic E-state index is 0.0701. The number of fused-ring (bicyclic) bond motifs is 1. The lowest BCUT2D eigenvalue weighted by Gasteiger charge is -2.17. The zero-order valence-corrected chi connectivity index (χ0v) is 15.0. The molecule has 0 aromatic heterocycles. The highest BCUT2D eigenvalue weighted by Gasteiger charge is 2.42. The molecule has 2 rings (SSSR count). The maximum atomic E-state index is 12.0. The van der Waals surface area contributed by atoms with Crippen LogP contribution in [0.15, 0.2) is 0 Å². The molecule has 0 saturated carbocycles. The predicted octanol–water partition coefficient (Wildman–Crippen LogP) is 0.873. The van der Waals surface area contributed by atoms with Gasteiger partial charge in [-0.05, 0) is 19.3 Å². The predicted molar refractivity (Wildman–Crippen MR) is 94.6 cm³/mol. The van der Waals surface area contributed by atoms with Crippen molar-refractivity contribution in [2.45, 2.75) is 75.2 Å². The van der Waals surface area contributed by atoms with Crippen LogP contribution in [0.25, 0.3) is 0 Å². The quantitative estimate of drug-likeness (QED) is 0.343. The van der Waals surface area contributed by atoms with Crippen LogP contribution in [-0.4, -0.2) is 47.0 Å². The molecule has 4 atom stereocenters. The molecule has 0 radical (unpaired) electrons. The van der Waals surface area contributed by atoms with Gasteiger partial charge in [0.2, 0.25) is 11.8 Å². The summed E-state index contributed by atoms with van der Waals surface area (Å²) in [5.74, 6) is 0.379. The number of hydrogen-bond donors (Lipinski definition) is 4. The molecular formula is C16H28N4O3S. The second kappa shape index (κ2) is 9.15. The van der Waals surface area contributed by atoms with Gasteiger partial charge in [0.1, 0.15) is 6.04 Å². The summed E-state index contributed by atoms with van der Waals surface area (Å²) in [5.41, 5.74) is 5.33. The van der Waals surface area contributed by atoms with Crippen molar-refractivity contribution in [3.8, 4) is 0 Å². The Balaban J connectivity index is 1.62. The molecule has 0 spiro atoms. The minimum Gasteiger partial charge on any atom is -0.368 e. The summed E-state index contributed by atoms with van der Waals surface area (Å²) in [7, 11) is 0. The van der Waals surface area contributed by atoms with E-state index in [2.05, 4.69) is 16.0 Å². The lowest BCUT2D eigenvalue weighted by atomic mass is 10.0. The van der Waals surface area contributed by atoms with E-state index >= 15 is 0 Å². The summed E-state index contributed by atoms with van der Waals surface area (Å²) < 4.78 is 0. The number of urea groups is 1. The zero-order chi connectivity index (χ0) is 17.5. The molecule has 4 amide bonds. The van der Waals surface area contributed by atoms with Gasteiger partial charge in [-0.3, -0.25) is 9.59 Å². The number of hydrogen-bond acceptors (Lipinski definition) is 4. The first-order valence-corrected chi connectivity index (χ1v) is 9.83. The Kier molecular flexibility index (Phi) is 7.20. The van der Waals surface area contributed by atoms with E-state index in [1.54, 1.807) is 0 Å².